The van der Waals surface area contributed by atoms with Crippen LogP contribution in [0.5, 0.6) is 0 Å². The molecule has 3 unspecified atom stereocenters. The molecule has 2 aliphatic heterocycles. The van der Waals surface area contributed by atoms with Gasteiger partial charge in [0.2, 0.25) is 0 Å². The molecule has 4 heteroatoms. The van der Waals surface area contributed by atoms with E-state index >= 15 is 0 Å². The van der Waals surface area contributed by atoms with Gasteiger partial charge >= 0.3 is 0 Å². The molecule has 0 bridgehead atoms. The maximum Gasteiger partial charge on any atom is 0.0940 e. The van der Waals surface area contributed by atoms with Crippen molar-refractivity contribution < 1.29 is 9.47 Å². The van der Waals surface area contributed by atoms with Crippen LogP contribution in [0.4, 0.5) is 0 Å². The summed E-state index contributed by atoms with van der Waals surface area (Å²) < 4.78 is 11.7. The Morgan fingerprint density at radius 1 is 1.48 bits per heavy atom. The third-order valence-electron chi connectivity index (χ3n) is 4.89. The third-order valence-corrected chi connectivity index (χ3v) is 4.89. The molecule has 1 N–H and O–H groups in total. The summed E-state index contributed by atoms with van der Waals surface area (Å²) in [5.41, 5.74) is 2.62. The second-order valence-corrected chi connectivity index (χ2v) is 6.35. The lowest BCUT2D eigenvalue weighted by Gasteiger charge is -2.41. The molecule has 0 amide bonds. The smallest absolute Gasteiger partial charge is 0.0940 e. The molecular weight excluding hydrogens is 264 g/mol. The molecule has 3 heterocycles. The van der Waals surface area contributed by atoms with Gasteiger partial charge in [-0.15, -0.1) is 0 Å². The summed E-state index contributed by atoms with van der Waals surface area (Å²) in [6, 6.07) is 2.55. The van der Waals surface area contributed by atoms with Gasteiger partial charge in [-0.2, -0.15) is 0 Å². The number of nitrogens with one attached hydrogen (secondary N) is 1. The van der Waals surface area contributed by atoms with Crippen molar-refractivity contribution in [2.75, 3.05) is 26.4 Å². The van der Waals surface area contributed by atoms with Crippen LogP contribution in [0.15, 0.2) is 18.5 Å². The van der Waals surface area contributed by atoms with Gasteiger partial charge in [0.15, 0.2) is 0 Å². The first kappa shape index (κ1) is 14.9. The van der Waals surface area contributed by atoms with E-state index in [-0.39, 0.29) is 5.60 Å². The fraction of sp³-hybridized carbons (Fsp3) is 0.706. The molecule has 116 valence electrons. The van der Waals surface area contributed by atoms with Crippen LogP contribution in [0.3, 0.4) is 0 Å². The van der Waals surface area contributed by atoms with Gasteiger partial charge in [0.1, 0.15) is 0 Å². The molecular formula is C17H26N2O2. The van der Waals surface area contributed by atoms with Crippen molar-refractivity contribution in [1.82, 2.24) is 10.3 Å². The summed E-state index contributed by atoms with van der Waals surface area (Å²) in [5, 5.41) is 3.69. The van der Waals surface area contributed by atoms with Gasteiger partial charge in [-0.05, 0) is 49.4 Å². The van der Waals surface area contributed by atoms with E-state index in [1.165, 1.54) is 11.1 Å². The Morgan fingerprint density at radius 2 is 2.38 bits per heavy atom. The van der Waals surface area contributed by atoms with Gasteiger partial charge in [0.05, 0.1) is 12.2 Å². The molecule has 0 saturated carbocycles. The minimum absolute atomic E-state index is 0.0302. The molecule has 0 aliphatic carbocycles. The van der Waals surface area contributed by atoms with Crippen LogP contribution in [-0.2, 0) is 9.47 Å². The van der Waals surface area contributed by atoms with Crippen LogP contribution >= 0.6 is 0 Å². The number of ether oxygens (including phenoxy) is 2. The quantitative estimate of drug-likeness (QED) is 0.926. The SMILES string of the molecule is CCNC(c1ccncc1C)C1CCOC2(CCOC2)C1. The summed E-state index contributed by atoms with van der Waals surface area (Å²) in [6.45, 7) is 7.76. The van der Waals surface area contributed by atoms with Crippen molar-refractivity contribution in [2.24, 2.45) is 5.92 Å². The summed E-state index contributed by atoms with van der Waals surface area (Å²) >= 11 is 0. The zero-order valence-electron chi connectivity index (χ0n) is 13.1. The van der Waals surface area contributed by atoms with E-state index < -0.39 is 0 Å². The number of aromatic nitrogens is 1. The van der Waals surface area contributed by atoms with E-state index in [0.29, 0.717) is 12.0 Å². The molecule has 2 saturated heterocycles. The van der Waals surface area contributed by atoms with Gasteiger partial charge in [-0.25, -0.2) is 0 Å². The number of nitrogens with zero attached hydrogens (tertiary/aromatic N) is 1. The van der Waals surface area contributed by atoms with Crippen molar-refractivity contribution in [3.63, 3.8) is 0 Å². The topological polar surface area (TPSA) is 43.4 Å². The Kier molecular flexibility index (Phi) is 4.57. The lowest BCUT2D eigenvalue weighted by molar-refractivity contribution is -0.103. The average molecular weight is 290 g/mol. The van der Waals surface area contributed by atoms with E-state index in [1.54, 1.807) is 0 Å². The Bertz CT molecular complexity index is 472. The maximum absolute atomic E-state index is 6.09. The van der Waals surface area contributed by atoms with Crippen molar-refractivity contribution in [3.05, 3.63) is 29.6 Å². The average Bonchev–Trinajstić information content (AvgIpc) is 2.93. The van der Waals surface area contributed by atoms with E-state index in [2.05, 4.69) is 30.2 Å². The van der Waals surface area contributed by atoms with Crippen LogP contribution in [0.2, 0.25) is 0 Å². The lowest BCUT2D eigenvalue weighted by Crippen LogP contribution is -2.44. The summed E-state index contributed by atoms with van der Waals surface area (Å²) in [7, 11) is 0. The number of aryl methyl sites for hydroxylation is 1. The summed E-state index contributed by atoms with van der Waals surface area (Å²) in [6.07, 6.45) is 7.11. The molecule has 1 aromatic heterocycles. The van der Waals surface area contributed by atoms with Gasteiger partial charge < -0.3 is 14.8 Å². The normalized spacial score (nSPS) is 30.7. The van der Waals surface area contributed by atoms with Gasteiger partial charge in [-0.1, -0.05) is 6.92 Å². The van der Waals surface area contributed by atoms with Gasteiger partial charge in [0, 0.05) is 38.1 Å². The Balaban J connectivity index is 1.82. The van der Waals surface area contributed by atoms with Crippen LogP contribution < -0.4 is 5.32 Å². The molecule has 1 spiro atoms. The highest BCUT2D eigenvalue weighted by molar-refractivity contribution is 5.26. The third kappa shape index (κ3) is 3.12. The predicted molar refractivity (Wildman–Crippen MR) is 82.2 cm³/mol. The number of hydrogen-bond donors (Lipinski definition) is 1. The number of hydrogen-bond acceptors (Lipinski definition) is 4. The Labute approximate surface area is 127 Å². The Morgan fingerprint density at radius 3 is 3.10 bits per heavy atom. The Hall–Kier alpha value is -0.970. The standard InChI is InChI=1S/C17H26N2O2/c1-3-19-16(15-4-7-18-11-13(15)2)14-5-8-21-17(10-14)6-9-20-12-17/h4,7,11,14,16,19H,3,5-6,8-10,12H2,1-2H3. The number of pyridine rings is 1. The van der Waals surface area contributed by atoms with E-state index in [0.717, 1.165) is 45.6 Å². The minimum atomic E-state index is -0.0302. The maximum atomic E-state index is 6.09. The first-order valence-corrected chi connectivity index (χ1v) is 8.10. The highest BCUT2D eigenvalue weighted by atomic mass is 16.6. The molecule has 3 rings (SSSR count). The first-order valence-electron chi connectivity index (χ1n) is 8.10. The minimum Gasteiger partial charge on any atom is -0.378 e. The number of rotatable bonds is 4. The molecule has 2 aliphatic rings. The van der Waals surface area contributed by atoms with Gasteiger partial charge in [-0.3, -0.25) is 4.98 Å². The lowest BCUT2D eigenvalue weighted by atomic mass is 9.78. The molecule has 1 aromatic rings. The molecule has 2 fully saturated rings. The van der Waals surface area contributed by atoms with Crippen molar-refractivity contribution >= 4 is 0 Å². The fourth-order valence-electron chi connectivity index (χ4n) is 3.80. The van der Waals surface area contributed by atoms with E-state index in [9.17, 15) is 0 Å². The van der Waals surface area contributed by atoms with Crippen LogP contribution in [-0.4, -0.2) is 37.0 Å². The van der Waals surface area contributed by atoms with Crippen LogP contribution in [0.1, 0.15) is 43.4 Å². The monoisotopic (exact) mass is 290 g/mol. The zero-order chi connectivity index (χ0) is 14.7. The van der Waals surface area contributed by atoms with E-state index in [4.69, 9.17) is 9.47 Å². The second kappa shape index (κ2) is 6.42. The second-order valence-electron chi connectivity index (χ2n) is 6.35. The highest BCUT2D eigenvalue weighted by Gasteiger charge is 2.43. The van der Waals surface area contributed by atoms with Crippen LogP contribution in [0, 0.1) is 12.8 Å². The molecule has 21 heavy (non-hydrogen) atoms. The van der Waals surface area contributed by atoms with Gasteiger partial charge in [0.25, 0.3) is 0 Å². The van der Waals surface area contributed by atoms with Crippen molar-refractivity contribution in [3.8, 4) is 0 Å². The molecule has 0 aromatic carbocycles. The summed E-state index contributed by atoms with van der Waals surface area (Å²) in [5.74, 6) is 0.599. The zero-order valence-corrected chi connectivity index (χ0v) is 13.1. The van der Waals surface area contributed by atoms with Crippen molar-refractivity contribution in [1.29, 1.82) is 0 Å². The molecule has 3 atom stereocenters. The fourth-order valence-corrected chi connectivity index (χ4v) is 3.80. The first-order chi connectivity index (χ1) is 10.2. The predicted octanol–water partition coefficient (Wildman–Crippen LogP) is 2.63. The summed E-state index contributed by atoms with van der Waals surface area (Å²) in [4.78, 5) is 4.23. The highest BCUT2D eigenvalue weighted by Crippen LogP contribution is 2.41. The van der Waals surface area contributed by atoms with Crippen LogP contribution in [0.25, 0.3) is 0 Å². The molecule has 0 radical (unpaired) electrons. The largest absolute Gasteiger partial charge is 0.378 e. The molecule has 4 nitrogen and oxygen atoms in total. The van der Waals surface area contributed by atoms with E-state index in [1.807, 2.05) is 12.4 Å². The van der Waals surface area contributed by atoms with Crippen molar-refractivity contribution in [2.45, 2.75) is 44.8 Å².